The number of fused-ring (bicyclic) bond motifs is 2. The van der Waals surface area contributed by atoms with Gasteiger partial charge in [-0.2, -0.15) is 0 Å². The van der Waals surface area contributed by atoms with Gasteiger partial charge in [0.15, 0.2) is 0 Å². The van der Waals surface area contributed by atoms with Crippen LogP contribution in [0.4, 0.5) is 10.2 Å². The number of carbonyl (C=O) groups excluding carboxylic acids is 1. The van der Waals surface area contributed by atoms with Crippen molar-refractivity contribution in [3.63, 3.8) is 0 Å². The summed E-state index contributed by atoms with van der Waals surface area (Å²) in [5, 5.41) is 15.3. The van der Waals surface area contributed by atoms with Crippen molar-refractivity contribution in [2.45, 2.75) is 43.8 Å². The molecule has 1 aromatic heterocycles. The molecule has 0 spiro atoms. The number of hydrogen-bond donors (Lipinski definition) is 3. The Morgan fingerprint density at radius 2 is 2.06 bits per heavy atom. The number of carboxylic acids is 1. The average molecular weight is 469 g/mol. The van der Waals surface area contributed by atoms with E-state index in [1.54, 1.807) is 12.1 Å². The van der Waals surface area contributed by atoms with Gasteiger partial charge in [-0.05, 0) is 41.7 Å². The fraction of sp³-hybridized carbons (Fsp3) is 0.480. The van der Waals surface area contributed by atoms with Crippen LogP contribution in [0.1, 0.15) is 41.3 Å². The number of ether oxygens (including phenoxy) is 1. The second kappa shape index (κ2) is 9.21. The maximum atomic E-state index is 15.3. The molecule has 1 atom stereocenters. The lowest BCUT2D eigenvalue weighted by Gasteiger charge is -2.43. The van der Waals surface area contributed by atoms with Crippen molar-refractivity contribution in [1.82, 2.24) is 15.2 Å². The highest BCUT2D eigenvalue weighted by molar-refractivity contribution is 5.87. The van der Waals surface area contributed by atoms with Crippen LogP contribution in [0, 0.1) is 0 Å². The summed E-state index contributed by atoms with van der Waals surface area (Å²) >= 11 is 0. The predicted octanol–water partition coefficient (Wildman–Crippen LogP) is 2.27. The van der Waals surface area contributed by atoms with Crippen molar-refractivity contribution >= 4 is 17.7 Å². The van der Waals surface area contributed by atoms with Gasteiger partial charge in [0.1, 0.15) is 11.6 Å². The van der Waals surface area contributed by atoms with Gasteiger partial charge in [0.2, 0.25) is 5.67 Å². The van der Waals surface area contributed by atoms with Crippen molar-refractivity contribution in [2.75, 3.05) is 38.1 Å². The van der Waals surface area contributed by atoms with Crippen molar-refractivity contribution in [3.05, 3.63) is 52.7 Å². The molecule has 2 aromatic rings. The minimum atomic E-state index is -2.03. The monoisotopic (exact) mass is 468 g/mol. The molecule has 4 heterocycles. The number of amides is 1. The number of nitrogens with zero attached hydrogens (tertiary/aromatic N) is 2. The number of aryl methyl sites for hydroxylation is 1. The normalized spacial score (nSPS) is 19.1. The molecule has 5 rings (SSSR count). The van der Waals surface area contributed by atoms with Crippen LogP contribution in [0.25, 0.3) is 0 Å². The number of halogens is 1. The van der Waals surface area contributed by atoms with E-state index in [-0.39, 0.29) is 19.5 Å². The van der Waals surface area contributed by atoms with Gasteiger partial charge in [-0.15, -0.1) is 0 Å². The highest BCUT2D eigenvalue weighted by Crippen LogP contribution is 2.32. The van der Waals surface area contributed by atoms with E-state index < -0.39 is 23.6 Å². The standard InChI is InChI=1S/C25H29FN4O4/c26-25(14-30(15-25)10-7-19-6-5-17-2-1-9-27-23(17)28-19)24(33)29-20(13-22(31)32)18-4-3-16-8-11-34-21(16)12-18/h3-6,12,20H,1-2,7-11,13-15H2,(H,27,28)(H,29,33)(H,31,32)/t20-/m0/s1. The van der Waals surface area contributed by atoms with Gasteiger partial charge in [0.25, 0.3) is 5.91 Å². The lowest BCUT2D eigenvalue weighted by Crippen LogP contribution is -2.66. The molecular formula is C25H29FN4O4. The molecule has 1 fully saturated rings. The lowest BCUT2D eigenvalue weighted by molar-refractivity contribution is -0.146. The van der Waals surface area contributed by atoms with Crippen molar-refractivity contribution < 1.29 is 23.8 Å². The van der Waals surface area contributed by atoms with Gasteiger partial charge in [-0.25, -0.2) is 9.37 Å². The molecular weight excluding hydrogens is 439 g/mol. The number of likely N-dealkylation sites (tertiary alicyclic amines) is 1. The fourth-order valence-corrected chi connectivity index (χ4v) is 4.86. The zero-order valence-electron chi connectivity index (χ0n) is 19.0. The zero-order chi connectivity index (χ0) is 23.7. The summed E-state index contributed by atoms with van der Waals surface area (Å²) in [6, 6.07) is 8.68. The molecule has 0 bridgehead atoms. The summed E-state index contributed by atoms with van der Waals surface area (Å²) in [4.78, 5) is 30.7. The second-order valence-corrected chi connectivity index (χ2v) is 9.36. The van der Waals surface area contributed by atoms with Gasteiger partial charge in [0, 0.05) is 44.7 Å². The minimum absolute atomic E-state index is 0.0187. The molecule has 9 heteroatoms. The first kappa shape index (κ1) is 22.6. The number of aromatic nitrogens is 1. The number of pyridine rings is 1. The Hall–Kier alpha value is -3.20. The molecule has 3 aliphatic rings. The molecule has 3 aliphatic heterocycles. The van der Waals surface area contributed by atoms with Crippen molar-refractivity contribution in [3.8, 4) is 5.75 Å². The molecule has 1 amide bonds. The Labute approximate surface area is 197 Å². The van der Waals surface area contributed by atoms with Crippen LogP contribution in [0.2, 0.25) is 0 Å². The van der Waals surface area contributed by atoms with Crippen molar-refractivity contribution in [1.29, 1.82) is 0 Å². The Morgan fingerprint density at radius 3 is 2.88 bits per heavy atom. The van der Waals surface area contributed by atoms with E-state index >= 15 is 4.39 Å². The molecule has 1 saturated heterocycles. The second-order valence-electron chi connectivity index (χ2n) is 9.36. The largest absolute Gasteiger partial charge is 0.493 e. The van der Waals surface area contributed by atoms with Gasteiger partial charge in [-0.3, -0.25) is 14.5 Å². The Morgan fingerprint density at radius 1 is 1.24 bits per heavy atom. The summed E-state index contributed by atoms with van der Waals surface area (Å²) in [6.45, 7) is 2.07. The molecule has 0 unspecified atom stereocenters. The highest BCUT2D eigenvalue weighted by Gasteiger charge is 2.50. The number of benzene rings is 1. The summed E-state index contributed by atoms with van der Waals surface area (Å²) < 4.78 is 20.8. The third-order valence-electron chi connectivity index (χ3n) is 6.80. The van der Waals surface area contributed by atoms with E-state index in [0.29, 0.717) is 30.9 Å². The summed E-state index contributed by atoms with van der Waals surface area (Å²) in [5.41, 5.74) is 1.78. The lowest BCUT2D eigenvalue weighted by atomic mass is 9.93. The number of alkyl halides is 1. The number of aliphatic carboxylic acids is 1. The maximum absolute atomic E-state index is 15.3. The zero-order valence-corrected chi connectivity index (χ0v) is 19.0. The van der Waals surface area contributed by atoms with Crippen LogP contribution in [0.15, 0.2) is 30.3 Å². The van der Waals surface area contributed by atoms with E-state index in [2.05, 4.69) is 21.7 Å². The topological polar surface area (TPSA) is 104 Å². The van der Waals surface area contributed by atoms with Crippen LogP contribution in [0.5, 0.6) is 5.75 Å². The first-order valence-corrected chi connectivity index (χ1v) is 11.8. The molecule has 3 N–H and O–H groups in total. The molecule has 0 saturated carbocycles. The van der Waals surface area contributed by atoms with Gasteiger partial charge in [-0.1, -0.05) is 18.2 Å². The van der Waals surface area contributed by atoms with Crippen LogP contribution < -0.4 is 15.4 Å². The summed E-state index contributed by atoms with van der Waals surface area (Å²) in [7, 11) is 0. The number of hydrogen-bond acceptors (Lipinski definition) is 6. The van der Waals surface area contributed by atoms with Crippen LogP contribution in [-0.2, 0) is 28.9 Å². The molecule has 0 radical (unpaired) electrons. The van der Waals surface area contributed by atoms with Gasteiger partial charge >= 0.3 is 5.97 Å². The SMILES string of the molecule is O=C(O)C[C@H](NC(=O)C1(F)CN(CCc2ccc3c(n2)NCCC3)C1)c1ccc2c(c1)OCC2. The molecule has 1 aromatic carbocycles. The maximum Gasteiger partial charge on any atom is 0.305 e. The van der Waals surface area contributed by atoms with E-state index in [1.165, 1.54) is 5.56 Å². The molecule has 180 valence electrons. The smallest absolute Gasteiger partial charge is 0.305 e. The molecule has 34 heavy (non-hydrogen) atoms. The predicted molar refractivity (Wildman–Crippen MR) is 124 cm³/mol. The molecule has 0 aliphatic carbocycles. The fourth-order valence-electron chi connectivity index (χ4n) is 4.86. The highest BCUT2D eigenvalue weighted by atomic mass is 19.1. The van der Waals surface area contributed by atoms with E-state index in [4.69, 9.17) is 4.74 Å². The number of carbonyl (C=O) groups is 2. The van der Waals surface area contributed by atoms with E-state index in [0.717, 1.165) is 42.9 Å². The Kier molecular flexibility index (Phi) is 6.12. The molecule has 8 nitrogen and oxygen atoms in total. The van der Waals surface area contributed by atoms with Gasteiger partial charge < -0.3 is 20.5 Å². The van der Waals surface area contributed by atoms with Crippen LogP contribution in [-0.4, -0.2) is 65.3 Å². The van der Waals surface area contributed by atoms with E-state index in [9.17, 15) is 14.7 Å². The minimum Gasteiger partial charge on any atom is -0.493 e. The number of anilines is 1. The first-order valence-electron chi connectivity index (χ1n) is 11.8. The van der Waals surface area contributed by atoms with E-state index in [1.807, 2.05) is 17.0 Å². The third kappa shape index (κ3) is 4.70. The number of carboxylic acid groups (broad SMARTS) is 1. The van der Waals surface area contributed by atoms with Crippen LogP contribution in [0.3, 0.4) is 0 Å². The summed E-state index contributed by atoms with van der Waals surface area (Å²) in [6.07, 6.45) is 3.27. The Bertz CT molecular complexity index is 1100. The number of rotatable bonds is 8. The quantitative estimate of drug-likeness (QED) is 0.546. The first-order chi connectivity index (χ1) is 16.4. The van der Waals surface area contributed by atoms with Crippen molar-refractivity contribution in [2.24, 2.45) is 0 Å². The average Bonchev–Trinajstić information content (AvgIpc) is 3.28. The Balaban J connectivity index is 1.17. The van der Waals surface area contributed by atoms with Gasteiger partial charge in [0.05, 0.1) is 19.1 Å². The van der Waals surface area contributed by atoms with Crippen LogP contribution >= 0.6 is 0 Å². The third-order valence-corrected chi connectivity index (χ3v) is 6.80. The number of nitrogens with one attached hydrogen (secondary N) is 2. The summed E-state index contributed by atoms with van der Waals surface area (Å²) in [5.74, 6) is -0.208.